The van der Waals surface area contributed by atoms with Gasteiger partial charge in [0.25, 0.3) is 0 Å². The van der Waals surface area contributed by atoms with E-state index in [4.69, 9.17) is 9.47 Å². The number of hydrogen-bond acceptors (Lipinski definition) is 7. The molecule has 1 aliphatic heterocycles. The molecule has 3 aliphatic rings. The Morgan fingerprint density at radius 1 is 1.30 bits per heavy atom. The lowest BCUT2D eigenvalue weighted by molar-refractivity contribution is -0.370. The molecule has 2 saturated carbocycles. The van der Waals surface area contributed by atoms with E-state index < -0.39 is 63.6 Å². The number of ether oxygens (including phenoxy) is 2. The summed E-state index contributed by atoms with van der Waals surface area (Å²) in [5.41, 5.74) is -7.08. The van der Waals surface area contributed by atoms with Crippen molar-refractivity contribution in [3.63, 3.8) is 0 Å². The second-order valence-corrected chi connectivity index (χ2v) is 10.9. The molecule has 0 aromatic carbocycles. The third-order valence-electron chi connectivity index (χ3n) is 8.09. The number of carbonyl (C=O) groups is 2. The summed E-state index contributed by atoms with van der Waals surface area (Å²) in [6.45, 7) is 12.4. The number of esters is 1. The van der Waals surface area contributed by atoms with Gasteiger partial charge in [0.1, 0.15) is 10.9 Å². The first kappa shape index (κ1) is 23.9. The molecule has 0 aromatic heterocycles. The fourth-order valence-electron chi connectivity index (χ4n) is 6.65. The lowest BCUT2D eigenvalue weighted by atomic mass is 9.40. The molecule has 1 saturated heterocycles. The van der Waals surface area contributed by atoms with E-state index in [0.29, 0.717) is 12.8 Å². The summed E-state index contributed by atoms with van der Waals surface area (Å²) < 4.78 is 11.9. The van der Waals surface area contributed by atoms with Gasteiger partial charge in [0.05, 0.1) is 17.8 Å². The predicted molar refractivity (Wildman–Crippen MR) is 113 cm³/mol. The van der Waals surface area contributed by atoms with Gasteiger partial charge in [0, 0.05) is 17.8 Å². The zero-order valence-electron chi connectivity index (χ0n) is 18.3. The summed E-state index contributed by atoms with van der Waals surface area (Å²) in [5, 5.41) is 34.8. The maximum atomic E-state index is 13.6. The van der Waals surface area contributed by atoms with Crippen LogP contribution in [-0.4, -0.2) is 67.5 Å². The fourth-order valence-corrected chi connectivity index (χ4v) is 6.79. The van der Waals surface area contributed by atoms with Crippen LogP contribution >= 0.6 is 15.9 Å². The molecule has 8 atom stereocenters. The Labute approximate surface area is 185 Å². The minimum atomic E-state index is -2.19. The number of aliphatic hydroxyl groups excluding tert-OH is 2. The number of ketones is 1. The van der Waals surface area contributed by atoms with Crippen LogP contribution < -0.4 is 0 Å². The second-order valence-electron chi connectivity index (χ2n) is 10.4. The van der Waals surface area contributed by atoms with Gasteiger partial charge < -0.3 is 24.8 Å². The third kappa shape index (κ3) is 2.83. The van der Waals surface area contributed by atoms with Gasteiger partial charge in [0.2, 0.25) is 0 Å². The Bertz CT molecular complexity index is 769. The van der Waals surface area contributed by atoms with E-state index in [1.54, 1.807) is 13.8 Å². The summed E-state index contributed by atoms with van der Waals surface area (Å²) in [4.78, 5) is 25.9. The molecule has 0 amide bonds. The summed E-state index contributed by atoms with van der Waals surface area (Å²) in [6, 6.07) is 0. The normalized spacial score (nSPS) is 50.2. The summed E-state index contributed by atoms with van der Waals surface area (Å²) in [7, 11) is 0. The highest BCUT2D eigenvalue weighted by Gasteiger charge is 2.81. The molecule has 8 heteroatoms. The molecule has 7 nitrogen and oxygen atoms in total. The average molecular weight is 489 g/mol. The largest absolute Gasteiger partial charge is 0.456 e. The highest BCUT2D eigenvalue weighted by molar-refractivity contribution is 9.09. The van der Waals surface area contributed by atoms with Crippen molar-refractivity contribution in [3.05, 3.63) is 12.7 Å². The number of rotatable bonds is 3. The lowest BCUT2D eigenvalue weighted by Crippen LogP contribution is -2.86. The standard InChI is InChI=1S/C22H33BrO7/c1-7-19(4)10-13(25)22(28)20(5)12(24)8-9-18(2,3)16(20)15(27)17(21(22,6)30-19)29-14(26)11-23/h7,12,15-17,24,27-28H,1,8-11H2,2-6H3/t12-,15-,16-,17-,19-,20-,21+,22-/m0/s1. The molecule has 0 unspecified atom stereocenters. The maximum Gasteiger partial charge on any atom is 0.317 e. The number of hydrogen-bond donors (Lipinski definition) is 3. The monoisotopic (exact) mass is 488 g/mol. The number of aliphatic hydroxyl groups is 3. The maximum absolute atomic E-state index is 13.6. The first-order valence-corrected chi connectivity index (χ1v) is 11.5. The molecule has 30 heavy (non-hydrogen) atoms. The molecule has 0 radical (unpaired) electrons. The van der Waals surface area contributed by atoms with E-state index in [0.717, 1.165) is 0 Å². The van der Waals surface area contributed by atoms with Crippen molar-refractivity contribution in [2.24, 2.45) is 16.7 Å². The number of fused-ring (bicyclic) bond motifs is 3. The van der Waals surface area contributed by atoms with Crippen LogP contribution in [0.3, 0.4) is 0 Å². The summed E-state index contributed by atoms with van der Waals surface area (Å²) >= 11 is 3.06. The van der Waals surface area contributed by atoms with Crippen LogP contribution in [0.4, 0.5) is 0 Å². The topological polar surface area (TPSA) is 113 Å². The Balaban J connectivity index is 2.31. The molecule has 1 heterocycles. The Morgan fingerprint density at radius 3 is 2.43 bits per heavy atom. The minimum absolute atomic E-state index is 0.120. The van der Waals surface area contributed by atoms with Crippen LogP contribution in [0, 0.1) is 16.7 Å². The van der Waals surface area contributed by atoms with Crippen molar-refractivity contribution in [2.45, 2.75) is 89.0 Å². The van der Waals surface area contributed by atoms with Crippen LogP contribution in [0.1, 0.15) is 53.9 Å². The van der Waals surface area contributed by atoms with Crippen LogP contribution in [0.5, 0.6) is 0 Å². The van der Waals surface area contributed by atoms with Crippen LogP contribution in [0.15, 0.2) is 12.7 Å². The molecular formula is C22H33BrO7. The van der Waals surface area contributed by atoms with Crippen LogP contribution in [-0.2, 0) is 19.1 Å². The fraction of sp³-hybridized carbons (Fsp3) is 0.818. The zero-order chi connectivity index (χ0) is 22.9. The van der Waals surface area contributed by atoms with E-state index in [1.807, 2.05) is 13.8 Å². The van der Waals surface area contributed by atoms with Crippen molar-refractivity contribution in [3.8, 4) is 0 Å². The van der Waals surface area contributed by atoms with Gasteiger partial charge in [-0.05, 0) is 32.1 Å². The minimum Gasteiger partial charge on any atom is -0.456 e. The average Bonchev–Trinajstić information content (AvgIpc) is 2.65. The Morgan fingerprint density at radius 2 is 1.90 bits per heavy atom. The van der Waals surface area contributed by atoms with E-state index in [1.165, 1.54) is 13.0 Å². The number of Topliss-reactive ketones (excluding diaryl/α,β-unsaturated/α-hetero) is 1. The molecule has 3 rings (SSSR count). The Hall–Kier alpha value is -0.800. The summed E-state index contributed by atoms with van der Waals surface area (Å²) in [5.74, 6) is -1.89. The van der Waals surface area contributed by atoms with Gasteiger partial charge in [-0.3, -0.25) is 9.59 Å². The third-order valence-corrected chi connectivity index (χ3v) is 8.55. The molecule has 0 spiro atoms. The Kier molecular flexibility index (Phi) is 5.65. The quantitative estimate of drug-likeness (QED) is 0.315. The zero-order valence-corrected chi connectivity index (χ0v) is 19.9. The highest BCUT2D eigenvalue weighted by Crippen LogP contribution is 2.67. The molecule has 0 bridgehead atoms. The van der Waals surface area contributed by atoms with E-state index >= 15 is 0 Å². The van der Waals surface area contributed by atoms with Gasteiger partial charge in [-0.25, -0.2) is 0 Å². The summed E-state index contributed by atoms with van der Waals surface area (Å²) in [6.07, 6.45) is -1.37. The number of carbonyl (C=O) groups excluding carboxylic acids is 2. The SMILES string of the molecule is C=C[C@@]1(C)CC(=O)[C@]2(O)[C@@]3(C)[C@@H](O)CCC(C)(C)[C@@H]3[C@H](O)[C@H](OC(=O)CBr)[C@@]2(C)O1. The van der Waals surface area contributed by atoms with E-state index in [-0.39, 0.29) is 11.8 Å². The number of halogens is 1. The highest BCUT2D eigenvalue weighted by atomic mass is 79.9. The van der Waals surface area contributed by atoms with Gasteiger partial charge in [0.15, 0.2) is 17.5 Å². The van der Waals surface area contributed by atoms with Crippen molar-refractivity contribution in [1.82, 2.24) is 0 Å². The predicted octanol–water partition coefficient (Wildman–Crippen LogP) is 1.89. The van der Waals surface area contributed by atoms with Gasteiger partial charge >= 0.3 is 5.97 Å². The van der Waals surface area contributed by atoms with Gasteiger partial charge in [-0.15, -0.1) is 6.58 Å². The smallest absolute Gasteiger partial charge is 0.317 e. The number of alkyl halides is 1. The second kappa shape index (κ2) is 7.10. The van der Waals surface area contributed by atoms with Crippen molar-refractivity contribution in [1.29, 1.82) is 0 Å². The van der Waals surface area contributed by atoms with Gasteiger partial charge in [-0.2, -0.15) is 0 Å². The lowest BCUT2D eigenvalue weighted by Gasteiger charge is -2.71. The van der Waals surface area contributed by atoms with Gasteiger partial charge in [-0.1, -0.05) is 42.8 Å². The molecule has 170 valence electrons. The van der Waals surface area contributed by atoms with Crippen molar-refractivity contribution < 1.29 is 34.4 Å². The first-order chi connectivity index (χ1) is 13.6. The van der Waals surface area contributed by atoms with Crippen molar-refractivity contribution >= 4 is 27.7 Å². The molecule has 2 aliphatic carbocycles. The van der Waals surface area contributed by atoms with Crippen molar-refractivity contribution in [2.75, 3.05) is 5.33 Å². The van der Waals surface area contributed by atoms with Crippen LogP contribution in [0.2, 0.25) is 0 Å². The van der Waals surface area contributed by atoms with Crippen LogP contribution in [0.25, 0.3) is 0 Å². The van der Waals surface area contributed by atoms with E-state index in [9.17, 15) is 24.9 Å². The molecule has 3 fully saturated rings. The molecule has 3 N–H and O–H groups in total. The van der Waals surface area contributed by atoms with E-state index in [2.05, 4.69) is 22.5 Å². The molecular weight excluding hydrogens is 456 g/mol. The molecule has 0 aromatic rings. The first-order valence-electron chi connectivity index (χ1n) is 10.4.